The molecular formula is C24H28ClN5S. The molecule has 5 rings (SSSR count). The molecular weight excluding hydrogens is 426 g/mol. The quantitative estimate of drug-likeness (QED) is 0.452. The van der Waals surface area contributed by atoms with Crippen LogP contribution in [0, 0.1) is 5.41 Å². The molecule has 2 aromatic heterocycles. The predicted octanol–water partition coefficient (Wildman–Crippen LogP) is 6.33. The number of hydrogen-bond donors (Lipinski definition) is 0. The normalized spacial score (nSPS) is 18.1. The topological polar surface area (TPSA) is 46.8 Å². The van der Waals surface area contributed by atoms with E-state index in [1.165, 1.54) is 38.5 Å². The highest BCUT2D eigenvalue weighted by Crippen LogP contribution is 2.46. The molecule has 5 nitrogen and oxygen atoms in total. The van der Waals surface area contributed by atoms with E-state index in [1.54, 1.807) is 11.8 Å². The molecule has 0 atom stereocenters. The van der Waals surface area contributed by atoms with Gasteiger partial charge in [0.05, 0.1) is 23.1 Å². The van der Waals surface area contributed by atoms with Crippen molar-refractivity contribution in [2.45, 2.75) is 61.9 Å². The molecule has 1 aliphatic carbocycles. The third kappa shape index (κ3) is 4.33. The lowest BCUT2D eigenvalue weighted by atomic mass is 9.77. The molecule has 0 amide bonds. The molecule has 2 aliphatic rings. The SMILES string of the molecule is CCn1ccc(-c2cccc(Sc3cnc(N4CCC5(CCCC5)CC4)cn3)c2Cl)n1. The van der Waals surface area contributed by atoms with E-state index in [2.05, 4.69) is 21.9 Å². The Bertz CT molecular complexity index is 1030. The second-order valence-corrected chi connectivity index (χ2v) is 10.1. The van der Waals surface area contributed by atoms with Gasteiger partial charge >= 0.3 is 0 Å². The van der Waals surface area contributed by atoms with Gasteiger partial charge in [0.15, 0.2) is 0 Å². The van der Waals surface area contributed by atoms with Gasteiger partial charge in [-0.3, -0.25) is 4.68 Å². The molecule has 2 fully saturated rings. The highest BCUT2D eigenvalue weighted by Gasteiger charge is 2.37. The number of piperidine rings is 1. The first-order valence-corrected chi connectivity index (χ1v) is 12.4. The fraction of sp³-hybridized carbons (Fsp3) is 0.458. The van der Waals surface area contributed by atoms with Gasteiger partial charge in [-0.2, -0.15) is 5.10 Å². The van der Waals surface area contributed by atoms with E-state index in [0.29, 0.717) is 10.4 Å². The zero-order valence-corrected chi connectivity index (χ0v) is 19.5. The summed E-state index contributed by atoms with van der Waals surface area (Å²) in [6.07, 6.45) is 14.0. The molecule has 3 aromatic rings. The van der Waals surface area contributed by atoms with E-state index < -0.39 is 0 Å². The van der Waals surface area contributed by atoms with Gasteiger partial charge < -0.3 is 4.90 Å². The fourth-order valence-corrected chi connectivity index (χ4v) is 6.06. The summed E-state index contributed by atoms with van der Waals surface area (Å²) in [7, 11) is 0. The Morgan fingerprint density at radius 3 is 2.52 bits per heavy atom. The molecule has 1 spiro atoms. The maximum Gasteiger partial charge on any atom is 0.147 e. The van der Waals surface area contributed by atoms with Gasteiger partial charge in [-0.25, -0.2) is 9.97 Å². The zero-order valence-electron chi connectivity index (χ0n) is 17.9. The van der Waals surface area contributed by atoms with Gasteiger partial charge in [-0.05, 0) is 50.2 Å². The first-order valence-electron chi connectivity index (χ1n) is 11.2. The van der Waals surface area contributed by atoms with Crippen LogP contribution in [-0.2, 0) is 6.54 Å². The Morgan fingerprint density at radius 1 is 1.03 bits per heavy atom. The van der Waals surface area contributed by atoms with Crippen LogP contribution < -0.4 is 4.90 Å². The lowest BCUT2D eigenvalue weighted by Gasteiger charge is -2.39. The maximum atomic E-state index is 6.73. The number of rotatable bonds is 5. The number of nitrogens with zero attached hydrogens (tertiary/aromatic N) is 5. The number of anilines is 1. The van der Waals surface area contributed by atoms with Crippen LogP contribution in [0.25, 0.3) is 11.3 Å². The molecule has 1 saturated carbocycles. The van der Waals surface area contributed by atoms with Crippen LogP contribution in [-0.4, -0.2) is 32.8 Å². The van der Waals surface area contributed by atoms with Crippen LogP contribution >= 0.6 is 23.4 Å². The first-order chi connectivity index (χ1) is 15.2. The van der Waals surface area contributed by atoms with Gasteiger partial charge in [0.2, 0.25) is 0 Å². The Labute approximate surface area is 193 Å². The van der Waals surface area contributed by atoms with E-state index in [0.717, 1.165) is 46.6 Å². The second kappa shape index (κ2) is 8.83. The van der Waals surface area contributed by atoms with Gasteiger partial charge in [-0.15, -0.1) is 0 Å². The summed E-state index contributed by atoms with van der Waals surface area (Å²) in [6, 6.07) is 8.05. The molecule has 1 aromatic carbocycles. The molecule has 0 N–H and O–H groups in total. The van der Waals surface area contributed by atoms with Gasteiger partial charge in [0.1, 0.15) is 10.8 Å². The summed E-state index contributed by atoms with van der Waals surface area (Å²) in [5, 5.41) is 6.15. The van der Waals surface area contributed by atoms with Crippen LogP contribution in [0.1, 0.15) is 45.4 Å². The highest BCUT2D eigenvalue weighted by atomic mass is 35.5. The summed E-state index contributed by atoms with van der Waals surface area (Å²) < 4.78 is 1.91. The van der Waals surface area contributed by atoms with Crippen LogP contribution in [0.4, 0.5) is 5.82 Å². The summed E-state index contributed by atoms with van der Waals surface area (Å²) in [5.74, 6) is 0.988. The van der Waals surface area contributed by atoms with Crippen molar-refractivity contribution >= 4 is 29.2 Å². The summed E-state index contributed by atoms with van der Waals surface area (Å²) in [6.45, 7) is 5.11. The molecule has 1 saturated heterocycles. The summed E-state index contributed by atoms with van der Waals surface area (Å²) >= 11 is 8.28. The molecule has 0 unspecified atom stereocenters. The van der Waals surface area contributed by atoms with Crippen LogP contribution in [0.5, 0.6) is 0 Å². The largest absolute Gasteiger partial charge is 0.355 e. The van der Waals surface area contributed by atoms with Crippen molar-refractivity contribution < 1.29 is 0 Å². The van der Waals surface area contributed by atoms with E-state index in [-0.39, 0.29) is 0 Å². The molecule has 7 heteroatoms. The van der Waals surface area contributed by atoms with Gasteiger partial charge in [0, 0.05) is 36.3 Å². The monoisotopic (exact) mass is 453 g/mol. The van der Waals surface area contributed by atoms with Crippen molar-refractivity contribution in [3.8, 4) is 11.3 Å². The molecule has 1 aliphatic heterocycles. The zero-order chi connectivity index (χ0) is 21.3. The minimum atomic E-state index is 0.619. The number of benzene rings is 1. The molecule has 3 heterocycles. The predicted molar refractivity (Wildman–Crippen MR) is 127 cm³/mol. The fourth-order valence-electron chi connectivity index (χ4n) is 4.94. The van der Waals surface area contributed by atoms with Crippen LogP contribution in [0.3, 0.4) is 0 Å². The Hall–Kier alpha value is -2.05. The molecule has 0 radical (unpaired) electrons. The molecule has 162 valence electrons. The average Bonchev–Trinajstić information content (AvgIpc) is 3.46. The number of hydrogen-bond acceptors (Lipinski definition) is 5. The number of halogens is 1. The van der Waals surface area contributed by atoms with Crippen molar-refractivity contribution in [2.75, 3.05) is 18.0 Å². The lowest BCUT2D eigenvalue weighted by Crippen LogP contribution is -2.39. The van der Waals surface area contributed by atoms with Crippen molar-refractivity contribution in [3.05, 3.63) is 47.9 Å². The highest BCUT2D eigenvalue weighted by molar-refractivity contribution is 7.99. The lowest BCUT2D eigenvalue weighted by molar-refractivity contribution is 0.226. The van der Waals surface area contributed by atoms with E-state index >= 15 is 0 Å². The molecule has 0 bridgehead atoms. The van der Waals surface area contributed by atoms with Crippen molar-refractivity contribution in [1.82, 2.24) is 19.7 Å². The Morgan fingerprint density at radius 2 is 1.84 bits per heavy atom. The van der Waals surface area contributed by atoms with E-state index in [4.69, 9.17) is 16.6 Å². The van der Waals surface area contributed by atoms with Crippen LogP contribution in [0.15, 0.2) is 52.8 Å². The third-order valence-electron chi connectivity index (χ3n) is 6.85. The Balaban J connectivity index is 1.27. The second-order valence-electron chi connectivity index (χ2n) is 8.68. The van der Waals surface area contributed by atoms with Gasteiger partial charge in [0.25, 0.3) is 0 Å². The van der Waals surface area contributed by atoms with Crippen molar-refractivity contribution in [3.63, 3.8) is 0 Å². The minimum absolute atomic E-state index is 0.619. The average molecular weight is 454 g/mol. The van der Waals surface area contributed by atoms with Crippen molar-refractivity contribution in [1.29, 1.82) is 0 Å². The van der Waals surface area contributed by atoms with Gasteiger partial charge in [-0.1, -0.05) is 48.3 Å². The number of aromatic nitrogens is 4. The summed E-state index contributed by atoms with van der Waals surface area (Å²) in [4.78, 5) is 12.8. The first kappa shape index (κ1) is 20.8. The third-order valence-corrected chi connectivity index (χ3v) is 8.34. The standard InChI is InChI=1S/C24H28ClN5S/c1-2-30-13-8-19(28-30)18-6-5-7-20(23(18)25)31-22-17-26-21(16-27-22)29-14-11-24(12-15-29)9-3-4-10-24/h5-8,13,16-17H,2-4,9-12,14-15H2,1H3. The minimum Gasteiger partial charge on any atom is -0.355 e. The Kier molecular flexibility index (Phi) is 5.93. The van der Waals surface area contributed by atoms with E-state index in [9.17, 15) is 0 Å². The maximum absolute atomic E-state index is 6.73. The summed E-state index contributed by atoms with van der Waals surface area (Å²) in [5.41, 5.74) is 2.45. The molecule has 31 heavy (non-hydrogen) atoms. The van der Waals surface area contributed by atoms with Crippen molar-refractivity contribution in [2.24, 2.45) is 5.41 Å². The smallest absolute Gasteiger partial charge is 0.147 e. The van der Waals surface area contributed by atoms with Crippen LogP contribution in [0.2, 0.25) is 5.02 Å². The van der Waals surface area contributed by atoms with E-state index in [1.807, 2.05) is 47.5 Å². The number of aryl methyl sites for hydroxylation is 1.